The molecule has 1 aromatic rings. The molecule has 0 aliphatic carbocycles. The second kappa shape index (κ2) is 11.3. The summed E-state index contributed by atoms with van der Waals surface area (Å²) in [6.45, 7) is 0.678. The normalized spacial score (nSPS) is 15.8. The Kier molecular flexibility index (Phi) is 9.76. The van der Waals surface area contributed by atoms with E-state index in [4.69, 9.17) is 15.2 Å². The lowest BCUT2D eigenvalue weighted by Crippen LogP contribution is -2.47. The number of benzene rings is 1. The molecule has 0 bridgehead atoms. The van der Waals surface area contributed by atoms with Crippen LogP contribution in [0.2, 0.25) is 0 Å². The number of carbonyl (C=O) groups excluding carboxylic acids is 1. The number of rotatable bonds is 8. The second-order valence-corrected chi connectivity index (χ2v) is 6.26. The Morgan fingerprint density at radius 2 is 2.00 bits per heavy atom. The maximum atomic E-state index is 12.6. The number of nitrogens with two attached hydrogens (primary N) is 1. The third-order valence-corrected chi connectivity index (χ3v) is 4.38. The van der Waals surface area contributed by atoms with Gasteiger partial charge in [-0.15, -0.1) is 12.4 Å². The van der Waals surface area contributed by atoms with E-state index in [2.05, 4.69) is 4.74 Å². The fourth-order valence-electron chi connectivity index (χ4n) is 3.00. The fourth-order valence-corrected chi connectivity index (χ4v) is 3.00. The topological polar surface area (TPSA) is 74.0 Å². The Bertz CT molecular complexity index is 601. The van der Waals surface area contributed by atoms with Gasteiger partial charge in [-0.2, -0.15) is 8.78 Å². The average Bonchev–Trinajstić information content (AvgIpc) is 2.63. The molecule has 0 aromatic heterocycles. The van der Waals surface area contributed by atoms with E-state index in [0.717, 1.165) is 18.4 Å². The summed E-state index contributed by atoms with van der Waals surface area (Å²) in [5.74, 6) is 0.153. The molecule has 1 amide bonds. The largest absolute Gasteiger partial charge is 0.490 e. The van der Waals surface area contributed by atoms with Gasteiger partial charge < -0.3 is 24.8 Å². The molecule has 0 spiro atoms. The van der Waals surface area contributed by atoms with Gasteiger partial charge in [-0.1, -0.05) is 6.07 Å². The lowest BCUT2D eigenvalue weighted by molar-refractivity contribution is -0.133. The molecule has 0 radical (unpaired) electrons. The van der Waals surface area contributed by atoms with E-state index >= 15 is 0 Å². The minimum absolute atomic E-state index is 0. The lowest BCUT2D eigenvalue weighted by atomic mass is 9.91. The first kappa shape index (κ1) is 23.4. The molecular weight excluding hydrogens is 382 g/mol. The SMILES string of the molecule is CCOc1cc(CN(C)C(=O)C(N)C2CCOCC2)ccc1OC(F)F.Cl. The number of hydrogen-bond donors (Lipinski definition) is 1. The van der Waals surface area contributed by atoms with Crippen LogP contribution in [0.4, 0.5) is 8.78 Å². The van der Waals surface area contributed by atoms with E-state index in [1.165, 1.54) is 6.07 Å². The first-order valence-corrected chi connectivity index (χ1v) is 8.71. The molecule has 27 heavy (non-hydrogen) atoms. The van der Waals surface area contributed by atoms with E-state index in [1.54, 1.807) is 31.0 Å². The van der Waals surface area contributed by atoms with Gasteiger partial charge in [-0.25, -0.2) is 0 Å². The van der Waals surface area contributed by atoms with Gasteiger partial charge in [0.15, 0.2) is 11.5 Å². The molecule has 2 rings (SSSR count). The van der Waals surface area contributed by atoms with Crippen molar-refractivity contribution in [1.82, 2.24) is 4.90 Å². The quantitative estimate of drug-likeness (QED) is 0.716. The summed E-state index contributed by atoms with van der Waals surface area (Å²) in [7, 11) is 1.67. The minimum atomic E-state index is -2.93. The predicted molar refractivity (Wildman–Crippen MR) is 99.5 cm³/mol. The molecule has 154 valence electrons. The van der Waals surface area contributed by atoms with E-state index in [-0.39, 0.29) is 35.7 Å². The smallest absolute Gasteiger partial charge is 0.387 e. The summed E-state index contributed by atoms with van der Waals surface area (Å²) in [6.07, 6.45) is 1.55. The standard InChI is InChI=1S/C18H26F2N2O4.ClH/c1-3-25-15-10-12(4-5-14(15)26-18(19)20)11-22(2)17(23)16(21)13-6-8-24-9-7-13;/h4-5,10,13,16,18H,3,6-9,11,21H2,1-2H3;1H. The molecule has 6 nitrogen and oxygen atoms in total. The Hall–Kier alpha value is -1.64. The van der Waals surface area contributed by atoms with Crippen LogP contribution in [0, 0.1) is 5.92 Å². The second-order valence-electron chi connectivity index (χ2n) is 6.26. The molecule has 1 aromatic carbocycles. The van der Waals surface area contributed by atoms with E-state index in [9.17, 15) is 13.6 Å². The van der Waals surface area contributed by atoms with E-state index in [1.807, 2.05) is 0 Å². The molecule has 1 aliphatic rings. The van der Waals surface area contributed by atoms with Gasteiger partial charge >= 0.3 is 6.61 Å². The summed E-state index contributed by atoms with van der Waals surface area (Å²) >= 11 is 0. The summed E-state index contributed by atoms with van der Waals surface area (Å²) in [6, 6.07) is 4.08. The Balaban J connectivity index is 0.00000364. The van der Waals surface area contributed by atoms with Gasteiger partial charge in [0.2, 0.25) is 5.91 Å². The third kappa shape index (κ3) is 6.79. The van der Waals surface area contributed by atoms with Crippen LogP contribution >= 0.6 is 12.4 Å². The Labute approximate surface area is 164 Å². The van der Waals surface area contributed by atoms with Crippen molar-refractivity contribution in [2.75, 3.05) is 26.9 Å². The number of likely N-dealkylation sites (N-methyl/N-ethyl adjacent to an activating group) is 1. The molecule has 1 atom stereocenters. The van der Waals surface area contributed by atoms with E-state index < -0.39 is 12.7 Å². The maximum Gasteiger partial charge on any atom is 0.387 e. The fraction of sp³-hybridized carbons (Fsp3) is 0.611. The predicted octanol–water partition coefficient (Wildman–Crippen LogP) is 2.82. The van der Waals surface area contributed by atoms with Crippen molar-refractivity contribution in [1.29, 1.82) is 0 Å². The number of nitrogens with zero attached hydrogens (tertiary/aromatic N) is 1. The highest BCUT2D eigenvalue weighted by molar-refractivity contribution is 5.85. The summed E-state index contributed by atoms with van der Waals surface area (Å²) in [5, 5.41) is 0. The van der Waals surface area contributed by atoms with E-state index in [0.29, 0.717) is 26.4 Å². The number of amides is 1. The van der Waals surface area contributed by atoms with Crippen LogP contribution in [0.1, 0.15) is 25.3 Å². The molecular formula is C18H27ClF2N2O4. The van der Waals surface area contributed by atoms with Crippen molar-refractivity contribution in [2.45, 2.75) is 39.0 Å². The molecule has 1 heterocycles. The summed E-state index contributed by atoms with van der Waals surface area (Å²) in [5.41, 5.74) is 6.87. The van der Waals surface area contributed by atoms with Crippen LogP contribution in [0.15, 0.2) is 18.2 Å². The maximum absolute atomic E-state index is 12.6. The van der Waals surface area contributed by atoms with Crippen LogP contribution in [0.3, 0.4) is 0 Å². The number of ether oxygens (including phenoxy) is 3. The zero-order chi connectivity index (χ0) is 19.1. The first-order chi connectivity index (χ1) is 12.4. The van der Waals surface area contributed by atoms with Crippen LogP contribution in [0.25, 0.3) is 0 Å². The molecule has 1 fully saturated rings. The number of hydrogen-bond acceptors (Lipinski definition) is 5. The monoisotopic (exact) mass is 408 g/mol. The first-order valence-electron chi connectivity index (χ1n) is 8.71. The van der Waals surface area contributed by atoms with Crippen molar-refractivity contribution >= 4 is 18.3 Å². The van der Waals surface area contributed by atoms with Crippen molar-refractivity contribution in [3.63, 3.8) is 0 Å². The van der Waals surface area contributed by atoms with Gasteiger partial charge in [0.25, 0.3) is 0 Å². The highest BCUT2D eigenvalue weighted by Crippen LogP contribution is 2.30. The van der Waals surface area contributed by atoms with Gasteiger partial charge in [-0.3, -0.25) is 4.79 Å². The highest BCUT2D eigenvalue weighted by atomic mass is 35.5. The van der Waals surface area contributed by atoms with Gasteiger partial charge in [-0.05, 0) is 43.4 Å². The Morgan fingerprint density at radius 1 is 1.33 bits per heavy atom. The highest BCUT2D eigenvalue weighted by Gasteiger charge is 2.28. The van der Waals surface area contributed by atoms with Gasteiger partial charge in [0, 0.05) is 26.8 Å². The summed E-state index contributed by atoms with van der Waals surface area (Å²) in [4.78, 5) is 14.1. The van der Waals surface area contributed by atoms with Crippen molar-refractivity contribution < 1.29 is 27.8 Å². The van der Waals surface area contributed by atoms with Crippen LogP contribution in [-0.2, 0) is 16.1 Å². The molecule has 9 heteroatoms. The number of carbonyl (C=O) groups is 1. The van der Waals surface area contributed by atoms with Crippen LogP contribution < -0.4 is 15.2 Å². The lowest BCUT2D eigenvalue weighted by Gasteiger charge is -2.30. The zero-order valence-electron chi connectivity index (χ0n) is 15.5. The molecule has 1 saturated heterocycles. The van der Waals surface area contributed by atoms with Gasteiger partial charge in [0.05, 0.1) is 12.6 Å². The molecule has 0 saturated carbocycles. The van der Waals surface area contributed by atoms with Crippen molar-refractivity contribution in [3.8, 4) is 11.5 Å². The van der Waals surface area contributed by atoms with Crippen LogP contribution in [-0.4, -0.2) is 50.3 Å². The molecule has 1 unspecified atom stereocenters. The van der Waals surface area contributed by atoms with Crippen LogP contribution in [0.5, 0.6) is 11.5 Å². The number of halogens is 3. The number of alkyl halides is 2. The average molecular weight is 409 g/mol. The van der Waals surface area contributed by atoms with Gasteiger partial charge in [0.1, 0.15) is 0 Å². The zero-order valence-corrected chi connectivity index (χ0v) is 16.3. The van der Waals surface area contributed by atoms with Crippen molar-refractivity contribution in [3.05, 3.63) is 23.8 Å². The molecule has 1 aliphatic heterocycles. The minimum Gasteiger partial charge on any atom is -0.490 e. The van der Waals surface area contributed by atoms with Crippen molar-refractivity contribution in [2.24, 2.45) is 11.7 Å². The third-order valence-electron chi connectivity index (χ3n) is 4.38. The summed E-state index contributed by atoms with van der Waals surface area (Å²) < 4.78 is 40.1. The Morgan fingerprint density at radius 3 is 2.59 bits per heavy atom. The molecule has 2 N–H and O–H groups in total.